The number of hydrogen-bond acceptors (Lipinski definition) is 2. The van der Waals surface area contributed by atoms with Gasteiger partial charge in [-0.15, -0.1) is 0 Å². The lowest BCUT2D eigenvalue weighted by Crippen LogP contribution is -2.42. The first-order valence-corrected chi connectivity index (χ1v) is 6.75. The lowest BCUT2D eigenvalue weighted by atomic mass is 9.92. The molecule has 15 heavy (non-hydrogen) atoms. The second-order valence-electron chi connectivity index (χ2n) is 4.90. The highest BCUT2D eigenvalue weighted by Crippen LogP contribution is 2.24. The number of nitrogens with two attached hydrogens (primary N) is 1. The summed E-state index contributed by atoms with van der Waals surface area (Å²) in [4.78, 5) is 2.70. The van der Waals surface area contributed by atoms with Crippen molar-refractivity contribution < 1.29 is 0 Å². The summed E-state index contributed by atoms with van der Waals surface area (Å²) in [5, 5.41) is 0. The van der Waals surface area contributed by atoms with Crippen LogP contribution in [0.4, 0.5) is 0 Å². The van der Waals surface area contributed by atoms with Crippen LogP contribution in [0, 0.1) is 0 Å². The van der Waals surface area contributed by atoms with Gasteiger partial charge in [0.2, 0.25) is 0 Å². The Morgan fingerprint density at radius 1 is 1.27 bits per heavy atom. The molecule has 0 radical (unpaired) electrons. The van der Waals surface area contributed by atoms with Crippen LogP contribution < -0.4 is 5.73 Å². The molecule has 0 saturated heterocycles. The Morgan fingerprint density at radius 3 is 2.47 bits per heavy atom. The molecule has 1 atom stereocenters. The van der Waals surface area contributed by atoms with Crippen LogP contribution in [0.3, 0.4) is 0 Å². The third-order valence-electron chi connectivity index (χ3n) is 3.80. The van der Waals surface area contributed by atoms with E-state index in [1.165, 1.54) is 51.5 Å². The number of rotatable bonds is 6. The van der Waals surface area contributed by atoms with E-state index in [0.717, 1.165) is 18.6 Å². The molecule has 0 heterocycles. The Hall–Kier alpha value is -0.0800. The van der Waals surface area contributed by atoms with Crippen molar-refractivity contribution >= 4 is 0 Å². The zero-order chi connectivity index (χ0) is 11.1. The van der Waals surface area contributed by atoms with Gasteiger partial charge in [0.25, 0.3) is 0 Å². The van der Waals surface area contributed by atoms with Crippen LogP contribution in [0.1, 0.15) is 58.8 Å². The topological polar surface area (TPSA) is 29.3 Å². The molecule has 0 aromatic rings. The molecule has 0 amide bonds. The van der Waals surface area contributed by atoms with Gasteiger partial charge >= 0.3 is 0 Å². The molecule has 2 heteroatoms. The third-order valence-corrected chi connectivity index (χ3v) is 3.80. The predicted molar refractivity (Wildman–Crippen MR) is 67.0 cm³/mol. The third kappa shape index (κ3) is 4.12. The van der Waals surface area contributed by atoms with E-state index in [2.05, 4.69) is 18.7 Å². The molecule has 2 nitrogen and oxygen atoms in total. The molecule has 0 bridgehead atoms. The van der Waals surface area contributed by atoms with Gasteiger partial charge in [0, 0.05) is 12.1 Å². The van der Waals surface area contributed by atoms with Crippen LogP contribution in [0.5, 0.6) is 0 Å². The van der Waals surface area contributed by atoms with E-state index in [9.17, 15) is 0 Å². The zero-order valence-electron chi connectivity index (χ0n) is 10.5. The SMILES string of the molecule is CCN(C(C)CCCN)C1CCCCC1. The van der Waals surface area contributed by atoms with Gasteiger partial charge in [-0.25, -0.2) is 0 Å². The van der Waals surface area contributed by atoms with Gasteiger partial charge in [0.05, 0.1) is 0 Å². The highest BCUT2D eigenvalue weighted by molar-refractivity contribution is 4.79. The fraction of sp³-hybridized carbons (Fsp3) is 1.00. The molecule has 1 fully saturated rings. The molecule has 1 rings (SSSR count). The Kier molecular flexibility index (Phi) is 6.26. The van der Waals surface area contributed by atoms with E-state index in [0.29, 0.717) is 0 Å². The van der Waals surface area contributed by atoms with Crippen molar-refractivity contribution in [3.63, 3.8) is 0 Å². The summed E-state index contributed by atoms with van der Waals surface area (Å²) in [7, 11) is 0. The minimum absolute atomic E-state index is 0.724. The minimum Gasteiger partial charge on any atom is -0.330 e. The second kappa shape index (κ2) is 7.24. The fourth-order valence-corrected chi connectivity index (χ4v) is 2.92. The summed E-state index contributed by atoms with van der Waals surface area (Å²) in [6.45, 7) is 6.71. The monoisotopic (exact) mass is 212 g/mol. The normalized spacial score (nSPS) is 20.8. The highest BCUT2D eigenvalue weighted by atomic mass is 15.2. The van der Waals surface area contributed by atoms with Gasteiger partial charge in [-0.1, -0.05) is 26.2 Å². The maximum absolute atomic E-state index is 5.58. The van der Waals surface area contributed by atoms with Gasteiger partial charge in [0.1, 0.15) is 0 Å². The first kappa shape index (κ1) is 13.0. The van der Waals surface area contributed by atoms with Crippen molar-refractivity contribution in [1.29, 1.82) is 0 Å². The van der Waals surface area contributed by atoms with Crippen molar-refractivity contribution in [1.82, 2.24) is 4.90 Å². The maximum atomic E-state index is 5.58. The standard InChI is InChI=1S/C13H28N2/c1-3-15(12(2)8-7-11-14)13-9-5-4-6-10-13/h12-13H,3-11,14H2,1-2H3. The fourth-order valence-electron chi connectivity index (χ4n) is 2.92. The summed E-state index contributed by atoms with van der Waals surface area (Å²) < 4.78 is 0. The number of nitrogens with zero attached hydrogens (tertiary/aromatic N) is 1. The molecule has 0 aromatic heterocycles. The zero-order valence-corrected chi connectivity index (χ0v) is 10.5. The van der Waals surface area contributed by atoms with Gasteiger partial charge in [-0.3, -0.25) is 4.90 Å². The molecule has 1 aliphatic rings. The Morgan fingerprint density at radius 2 is 1.93 bits per heavy atom. The molecule has 0 aliphatic heterocycles. The van der Waals surface area contributed by atoms with Crippen LogP contribution in [0.2, 0.25) is 0 Å². The first-order valence-electron chi connectivity index (χ1n) is 6.75. The van der Waals surface area contributed by atoms with Gasteiger partial charge < -0.3 is 5.73 Å². The molecule has 1 aliphatic carbocycles. The van der Waals surface area contributed by atoms with Crippen LogP contribution in [0.15, 0.2) is 0 Å². The summed E-state index contributed by atoms with van der Waals surface area (Å²) in [5.41, 5.74) is 5.58. The van der Waals surface area contributed by atoms with Crippen molar-refractivity contribution in [2.45, 2.75) is 70.9 Å². The van der Waals surface area contributed by atoms with E-state index < -0.39 is 0 Å². The van der Waals surface area contributed by atoms with Gasteiger partial charge in [-0.2, -0.15) is 0 Å². The Bertz CT molecular complexity index is 153. The minimum atomic E-state index is 0.724. The Balaban J connectivity index is 2.37. The largest absolute Gasteiger partial charge is 0.330 e. The van der Waals surface area contributed by atoms with E-state index in [-0.39, 0.29) is 0 Å². The summed E-state index contributed by atoms with van der Waals surface area (Å²) in [5.74, 6) is 0. The molecule has 2 N–H and O–H groups in total. The summed E-state index contributed by atoms with van der Waals surface area (Å²) in [6.07, 6.45) is 9.59. The number of hydrogen-bond donors (Lipinski definition) is 1. The van der Waals surface area contributed by atoms with Gasteiger partial charge in [-0.05, 0) is 45.7 Å². The molecule has 90 valence electrons. The summed E-state index contributed by atoms with van der Waals surface area (Å²) in [6, 6.07) is 1.58. The molecule has 0 spiro atoms. The quantitative estimate of drug-likeness (QED) is 0.733. The van der Waals surface area contributed by atoms with Crippen molar-refractivity contribution in [3.05, 3.63) is 0 Å². The van der Waals surface area contributed by atoms with Crippen molar-refractivity contribution in [2.24, 2.45) is 5.73 Å². The van der Waals surface area contributed by atoms with E-state index in [1.807, 2.05) is 0 Å². The molecule has 1 unspecified atom stereocenters. The molecular formula is C13H28N2. The van der Waals surface area contributed by atoms with E-state index in [4.69, 9.17) is 5.73 Å². The van der Waals surface area contributed by atoms with E-state index >= 15 is 0 Å². The smallest absolute Gasteiger partial charge is 0.00979 e. The van der Waals surface area contributed by atoms with Crippen LogP contribution in [-0.4, -0.2) is 30.1 Å². The van der Waals surface area contributed by atoms with Gasteiger partial charge in [0.15, 0.2) is 0 Å². The van der Waals surface area contributed by atoms with Crippen LogP contribution in [0.25, 0.3) is 0 Å². The summed E-state index contributed by atoms with van der Waals surface area (Å²) >= 11 is 0. The molecule has 0 aromatic carbocycles. The van der Waals surface area contributed by atoms with E-state index in [1.54, 1.807) is 0 Å². The van der Waals surface area contributed by atoms with Crippen LogP contribution in [-0.2, 0) is 0 Å². The van der Waals surface area contributed by atoms with Crippen molar-refractivity contribution in [3.8, 4) is 0 Å². The average molecular weight is 212 g/mol. The molecule has 1 saturated carbocycles. The Labute approximate surface area is 95.2 Å². The molecular weight excluding hydrogens is 184 g/mol. The predicted octanol–water partition coefficient (Wildman–Crippen LogP) is 2.77. The second-order valence-corrected chi connectivity index (χ2v) is 4.90. The first-order chi connectivity index (χ1) is 7.29. The van der Waals surface area contributed by atoms with Crippen molar-refractivity contribution in [2.75, 3.05) is 13.1 Å². The van der Waals surface area contributed by atoms with Crippen LogP contribution >= 0.6 is 0 Å². The highest BCUT2D eigenvalue weighted by Gasteiger charge is 2.23. The lowest BCUT2D eigenvalue weighted by Gasteiger charge is -2.38. The maximum Gasteiger partial charge on any atom is 0.00979 e. The lowest BCUT2D eigenvalue weighted by molar-refractivity contribution is 0.113. The average Bonchev–Trinajstić information content (AvgIpc) is 2.29.